The summed E-state index contributed by atoms with van der Waals surface area (Å²) in [4.78, 5) is 17.3. The molecule has 156 valence electrons. The smallest absolute Gasteiger partial charge is 0.235 e. The highest BCUT2D eigenvalue weighted by atomic mass is 16.5. The molecule has 1 aliphatic heterocycles. The van der Waals surface area contributed by atoms with Gasteiger partial charge in [0.1, 0.15) is 17.1 Å². The molecular weight excluding hydrogens is 402 g/mol. The second-order valence-electron chi connectivity index (χ2n) is 8.58. The lowest BCUT2D eigenvalue weighted by atomic mass is 9.91. The third kappa shape index (κ3) is 2.22. The normalized spacial score (nSPS) is 21.3. The number of nitrogens with one attached hydrogen (secondary N) is 2. The van der Waals surface area contributed by atoms with Crippen LogP contribution in [-0.2, 0) is 10.2 Å². The first-order valence-electron chi connectivity index (χ1n) is 10.6. The Morgan fingerprint density at radius 1 is 1.16 bits per heavy atom. The number of hydrogen-bond donors (Lipinski definition) is 2. The van der Waals surface area contributed by atoms with Gasteiger partial charge < -0.3 is 14.5 Å². The van der Waals surface area contributed by atoms with Gasteiger partial charge in [-0.2, -0.15) is 5.10 Å². The third-order valence-electron chi connectivity index (χ3n) is 6.97. The number of imidazole rings is 1. The van der Waals surface area contributed by atoms with E-state index in [0.29, 0.717) is 0 Å². The lowest BCUT2D eigenvalue weighted by molar-refractivity contribution is -0.118. The number of H-pyrrole nitrogens is 1. The van der Waals surface area contributed by atoms with Crippen LogP contribution in [0.5, 0.6) is 5.75 Å². The van der Waals surface area contributed by atoms with Gasteiger partial charge in [0.15, 0.2) is 0 Å². The van der Waals surface area contributed by atoms with Gasteiger partial charge in [-0.15, -0.1) is 0 Å². The van der Waals surface area contributed by atoms with Gasteiger partial charge in [0.2, 0.25) is 5.91 Å². The van der Waals surface area contributed by atoms with Gasteiger partial charge in [-0.3, -0.25) is 9.89 Å². The van der Waals surface area contributed by atoms with Crippen molar-refractivity contribution in [3.05, 3.63) is 78.2 Å². The Balaban J connectivity index is 1.28. The maximum atomic E-state index is 13.0. The fraction of sp³-hybridized carbons (Fsp3) is 0.160. The van der Waals surface area contributed by atoms with Crippen LogP contribution in [0.4, 0.5) is 5.69 Å². The van der Waals surface area contributed by atoms with Gasteiger partial charge in [0.05, 0.1) is 18.0 Å². The van der Waals surface area contributed by atoms with Gasteiger partial charge in [0.25, 0.3) is 0 Å². The van der Waals surface area contributed by atoms with Gasteiger partial charge in [-0.25, -0.2) is 4.98 Å². The molecule has 0 saturated heterocycles. The number of methoxy groups -OCH3 is 1. The molecule has 3 aromatic heterocycles. The molecule has 2 aromatic carbocycles. The maximum Gasteiger partial charge on any atom is 0.235 e. The molecule has 0 bridgehead atoms. The van der Waals surface area contributed by atoms with Crippen molar-refractivity contribution in [3.8, 4) is 17.0 Å². The Hall–Kier alpha value is -4.13. The van der Waals surface area contributed by atoms with E-state index in [1.807, 2.05) is 47.1 Å². The minimum absolute atomic E-state index is 0.0739. The van der Waals surface area contributed by atoms with Gasteiger partial charge in [0, 0.05) is 41.1 Å². The van der Waals surface area contributed by atoms with Crippen LogP contribution in [0.2, 0.25) is 0 Å². The summed E-state index contributed by atoms with van der Waals surface area (Å²) in [6, 6.07) is 16.2. The third-order valence-corrected chi connectivity index (χ3v) is 6.97. The van der Waals surface area contributed by atoms with Crippen LogP contribution in [0.1, 0.15) is 23.5 Å². The summed E-state index contributed by atoms with van der Waals surface area (Å²) in [6.45, 7) is 0. The number of aromatic amines is 1. The minimum Gasteiger partial charge on any atom is -0.497 e. The first-order chi connectivity index (χ1) is 15.7. The molecule has 2 atom stereocenters. The second kappa shape index (κ2) is 5.97. The lowest BCUT2D eigenvalue weighted by Crippen LogP contribution is -2.21. The van der Waals surface area contributed by atoms with Crippen LogP contribution in [0, 0.1) is 0 Å². The van der Waals surface area contributed by atoms with Gasteiger partial charge in [-0.1, -0.05) is 12.1 Å². The molecule has 1 aliphatic carbocycles. The summed E-state index contributed by atoms with van der Waals surface area (Å²) in [6.07, 6.45) is 6.54. The quantitative estimate of drug-likeness (QED) is 0.456. The number of benzene rings is 2. The molecule has 0 radical (unpaired) electrons. The van der Waals surface area contributed by atoms with E-state index in [2.05, 4.69) is 38.7 Å². The van der Waals surface area contributed by atoms with Crippen LogP contribution >= 0.6 is 0 Å². The summed E-state index contributed by atoms with van der Waals surface area (Å²) < 4.78 is 7.39. The van der Waals surface area contributed by atoms with Crippen molar-refractivity contribution in [3.63, 3.8) is 0 Å². The van der Waals surface area contributed by atoms with E-state index >= 15 is 0 Å². The van der Waals surface area contributed by atoms with Crippen molar-refractivity contribution in [1.29, 1.82) is 0 Å². The van der Waals surface area contributed by atoms with E-state index in [1.165, 1.54) is 0 Å². The molecule has 1 saturated carbocycles. The largest absolute Gasteiger partial charge is 0.497 e. The molecule has 1 spiro atoms. The van der Waals surface area contributed by atoms with Crippen LogP contribution in [0.25, 0.3) is 27.8 Å². The SMILES string of the molecule is COc1ccc2c(c1)[C@]1(C[C@H]1c1ccc3c(-c4ccc5nccn5c4)n[nH]c3c1)C(=O)N2. The van der Waals surface area contributed by atoms with Crippen LogP contribution in [-0.4, -0.2) is 32.6 Å². The number of aromatic nitrogens is 4. The van der Waals surface area contributed by atoms with E-state index < -0.39 is 5.41 Å². The molecule has 5 aromatic rings. The number of rotatable bonds is 3. The number of ether oxygens (including phenoxy) is 1. The van der Waals surface area contributed by atoms with Crippen molar-refractivity contribution in [2.75, 3.05) is 12.4 Å². The number of fused-ring (bicyclic) bond motifs is 4. The first kappa shape index (κ1) is 17.5. The first-order valence-corrected chi connectivity index (χ1v) is 10.6. The summed E-state index contributed by atoms with van der Waals surface area (Å²) in [5.74, 6) is 0.980. The van der Waals surface area contributed by atoms with Crippen LogP contribution in [0.3, 0.4) is 0 Å². The number of anilines is 1. The maximum absolute atomic E-state index is 13.0. The summed E-state index contributed by atoms with van der Waals surface area (Å²) in [5.41, 5.74) is 6.35. The molecule has 32 heavy (non-hydrogen) atoms. The molecule has 7 rings (SSSR count). The van der Waals surface area contributed by atoms with Crippen LogP contribution < -0.4 is 10.1 Å². The predicted octanol–water partition coefficient (Wildman–Crippen LogP) is 4.26. The molecule has 0 unspecified atom stereocenters. The Labute approximate surface area is 183 Å². The zero-order valence-electron chi connectivity index (χ0n) is 17.3. The number of hydrogen-bond acceptors (Lipinski definition) is 4. The van der Waals surface area contributed by atoms with E-state index in [1.54, 1.807) is 13.3 Å². The number of carbonyl (C=O) groups is 1. The molecule has 4 heterocycles. The van der Waals surface area contributed by atoms with Crippen molar-refractivity contribution in [2.24, 2.45) is 0 Å². The molecule has 1 amide bonds. The van der Waals surface area contributed by atoms with Gasteiger partial charge >= 0.3 is 0 Å². The van der Waals surface area contributed by atoms with Crippen molar-refractivity contribution < 1.29 is 9.53 Å². The molecule has 7 nitrogen and oxygen atoms in total. The highest BCUT2D eigenvalue weighted by Gasteiger charge is 2.65. The van der Waals surface area contributed by atoms with E-state index in [-0.39, 0.29) is 11.8 Å². The minimum atomic E-state index is -0.507. The van der Waals surface area contributed by atoms with E-state index in [4.69, 9.17) is 4.74 Å². The molecule has 2 N–H and O–H groups in total. The Bertz CT molecular complexity index is 1570. The van der Waals surface area contributed by atoms with E-state index in [0.717, 1.165) is 56.8 Å². The van der Waals surface area contributed by atoms with Gasteiger partial charge in [-0.05, 0) is 53.9 Å². The number of nitrogens with zero attached hydrogens (tertiary/aromatic N) is 3. The Morgan fingerprint density at radius 3 is 3.00 bits per heavy atom. The Morgan fingerprint density at radius 2 is 2.09 bits per heavy atom. The zero-order valence-corrected chi connectivity index (χ0v) is 17.3. The molecule has 2 aliphatic rings. The fourth-order valence-electron chi connectivity index (χ4n) is 5.23. The number of pyridine rings is 1. The highest BCUT2D eigenvalue weighted by molar-refractivity contribution is 6.10. The van der Waals surface area contributed by atoms with Crippen molar-refractivity contribution in [2.45, 2.75) is 17.8 Å². The monoisotopic (exact) mass is 421 g/mol. The standard InChI is InChI=1S/C25H19N5O2/c1-32-16-4-6-20-18(11-16)25(24(31)27-20)12-19(25)14-2-5-17-21(10-14)28-29-23(17)15-3-7-22-26-8-9-30(22)13-15/h2-11,13,19H,12H2,1H3,(H,27,31)(H,28,29)/t19-,25-/m0/s1. The number of amides is 1. The average molecular weight is 421 g/mol. The number of carbonyl (C=O) groups excluding carboxylic acids is 1. The Kier molecular flexibility index (Phi) is 3.27. The van der Waals surface area contributed by atoms with Crippen LogP contribution in [0.15, 0.2) is 67.1 Å². The van der Waals surface area contributed by atoms with E-state index in [9.17, 15) is 4.79 Å². The molecule has 1 fully saturated rings. The molecular formula is C25H19N5O2. The fourth-order valence-corrected chi connectivity index (χ4v) is 5.23. The van der Waals surface area contributed by atoms with Crippen molar-refractivity contribution in [1.82, 2.24) is 19.6 Å². The lowest BCUT2D eigenvalue weighted by Gasteiger charge is -2.10. The zero-order chi connectivity index (χ0) is 21.4. The topological polar surface area (TPSA) is 84.3 Å². The predicted molar refractivity (Wildman–Crippen MR) is 121 cm³/mol. The summed E-state index contributed by atoms with van der Waals surface area (Å²) >= 11 is 0. The summed E-state index contributed by atoms with van der Waals surface area (Å²) in [5, 5.41) is 11.9. The van der Waals surface area contributed by atoms with Crippen molar-refractivity contribution >= 4 is 28.1 Å². The highest BCUT2D eigenvalue weighted by Crippen LogP contribution is 2.65. The summed E-state index contributed by atoms with van der Waals surface area (Å²) in [7, 11) is 1.65. The second-order valence-corrected chi connectivity index (χ2v) is 8.58. The average Bonchev–Trinajstić information content (AvgIpc) is 3.08. The molecule has 7 heteroatoms.